The molecule has 0 aromatic heterocycles. The number of aliphatic hydroxyl groups excluding tert-OH is 7. The van der Waals surface area contributed by atoms with E-state index in [1.165, 1.54) is 6.92 Å². The summed E-state index contributed by atoms with van der Waals surface area (Å²) in [5.41, 5.74) is 0. The van der Waals surface area contributed by atoms with Crippen molar-refractivity contribution in [1.29, 1.82) is 0 Å². The van der Waals surface area contributed by atoms with Crippen molar-refractivity contribution in [3.63, 3.8) is 0 Å². The van der Waals surface area contributed by atoms with Crippen LogP contribution in [0, 0.1) is 17.8 Å². The van der Waals surface area contributed by atoms with Gasteiger partial charge < -0.3 is 64.2 Å². The summed E-state index contributed by atoms with van der Waals surface area (Å²) in [6.07, 6.45) is -14.4. The summed E-state index contributed by atoms with van der Waals surface area (Å²) in [7, 11) is 0. The van der Waals surface area contributed by atoms with E-state index in [1.807, 2.05) is 34.6 Å². The molecule has 2 aliphatic rings. The largest absolute Gasteiger partial charge is 0.462 e. The highest BCUT2D eigenvalue weighted by Crippen LogP contribution is 2.29. The fourth-order valence-corrected chi connectivity index (χ4v) is 6.11. The second-order valence-corrected chi connectivity index (χ2v) is 14.8. The summed E-state index contributed by atoms with van der Waals surface area (Å²) in [5.74, 6) is -2.20. The normalized spacial score (nSPS) is 31.3. The summed E-state index contributed by atoms with van der Waals surface area (Å²) >= 11 is 0. The average Bonchev–Trinajstić information content (AvgIpc) is 3.35. The molecule has 0 radical (unpaired) electrons. The fourth-order valence-electron chi connectivity index (χ4n) is 6.11. The molecule has 2 saturated heterocycles. The number of hydrogen-bond acceptors (Lipinski definition) is 16. The van der Waals surface area contributed by atoms with Crippen molar-refractivity contribution in [2.45, 2.75) is 186 Å². The van der Waals surface area contributed by atoms with Crippen LogP contribution >= 0.6 is 0 Å². The molecule has 0 bridgehead atoms. The van der Waals surface area contributed by atoms with E-state index in [9.17, 15) is 50.1 Å². The Morgan fingerprint density at radius 3 is 1.83 bits per heavy atom. The molecule has 16 nitrogen and oxygen atoms in total. The number of ether oxygens (including phenoxy) is 6. The van der Waals surface area contributed by atoms with Crippen molar-refractivity contribution in [2.24, 2.45) is 17.8 Å². The molecule has 2 fully saturated rings. The number of carbonyl (C=O) groups is 3. The Hall–Kier alpha value is -1.99. The van der Waals surface area contributed by atoms with Gasteiger partial charge in [-0.15, -0.1) is 0 Å². The number of esters is 3. The standard InChI is InChI=1S/C36H64O16/c1-8-19(5)24(48-28(41)15-23(39)14-25(20(6)9-2)49-36-32(45)30(43)26(17-37)50-36)13-22(38)16-29(42)51-34-21(7)47-35(33(46)31(34)44)52-27(40)12-10-11-18(3)4/h18-26,30-39,43-46H,8-17H2,1-7H3/t19-,20-,21?,22-,23-,24-,25-,26-,30?,31?,32+,33?,34-,35-,36+/m0/s1. The Bertz CT molecular complexity index is 1070. The summed E-state index contributed by atoms with van der Waals surface area (Å²) in [5, 5.41) is 72.5. The predicted octanol–water partition coefficient (Wildman–Crippen LogP) is 0.845. The van der Waals surface area contributed by atoms with Crippen LogP contribution in [0.5, 0.6) is 0 Å². The molecule has 0 aromatic carbocycles. The van der Waals surface area contributed by atoms with E-state index in [1.54, 1.807) is 6.92 Å². The van der Waals surface area contributed by atoms with Crippen molar-refractivity contribution in [3.05, 3.63) is 0 Å². The van der Waals surface area contributed by atoms with Gasteiger partial charge in [-0.1, -0.05) is 60.8 Å². The summed E-state index contributed by atoms with van der Waals surface area (Å²) in [4.78, 5) is 37.9. The van der Waals surface area contributed by atoms with Gasteiger partial charge in [0, 0.05) is 19.3 Å². The molecule has 4 unspecified atom stereocenters. The Balaban J connectivity index is 1.91. The van der Waals surface area contributed by atoms with Gasteiger partial charge in [-0.3, -0.25) is 14.4 Å². The SMILES string of the molecule is CC[C@H](C)[C@H](C[C@H](O)CC(=O)O[C@H]1C(C)O[C@@H](OC(=O)CCCC(C)C)C(O)C1O)OC(=O)C[C@@H](O)C[C@H](O[C@@H]1O[C@@H](CO)C(O)[C@H]1O)[C@@H](C)CC. The molecule has 2 aliphatic heterocycles. The minimum atomic E-state index is -1.68. The molecule has 52 heavy (non-hydrogen) atoms. The summed E-state index contributed by atoms with van der Waals surface area (Å²) in [6, 6.07) is 0. The molecule has 7 N–H and O–H groups in total. The minimum Gasteiger partial charge on any atom is -0.462 e. The van der Waals surface area contributed by atoms with Crippen molar-refractivity contribution in [3.8, 4) is 0 Å². The van der Waals surface area contributed by atoms with E-state index in [0.717, 1.165) is 6.42 Å². The maximum absolute atomic E-state index is 12.9. The van der Waals surface area contributed by atoms with Crippen LogP contribution < -0.4 is 0 Å². The molecular weight excluding hydrogens is 688 g/mol. The Kier molecular flexibility index (Phi) is 19.9. The first-order chi connectivity index (χ1) is 24.4. The number of aliphatic hydroxyl groups is 7. The van der Waals surface area contributed by atoms with Gasteiger partial charge >= 0.3 is 17.9 Å². The first kappa shape index (κ1) is 46.2. The van der Waals surface area contributed by atoms with Crippen LogP contribution in [0.15, 0.2) is 0 Å². The third kappa shape index (κ3) is 14.3. The van der Waals surface area contributed by atoms with E-state index in [0.29, 0.717) is 25.2 Å². The van der Waals surface area contributed by atoms with Gasteiger partial charge in [0.2, 0.25) is 6.29 Å². The maximum atomic E-state index is 12.9. The van der Waals surface area contributed by atoms with Gasteiger partial charge in [-0.25, -0.2) is 0 Å². The van der Waals surface area contributed by atoms with Gasteiger partial charge in [-0.05, 0) is 31.1 Å². The lowest BCUT2D eigenvalue weighted by Crippen LogP contribution is -2.59. The molecule has 2 rings (SSSR count). The smallest absolute Gasteiger partial charge is 0.308 e. The van der Waals surface area contributed by atoms with Crippen LogP contribution in [0.1, 0.15) is 106 Å². The van der Waals surface area contributed by atoms with Crippen LogP contribution in [0.25, 0.3) is 0 Å². The van der Waals surface area contributed by atoms with Crippen LogP contribution in [0.2, 0.25) is 0 Å². The monoisotopic (exact) mass is 752 g/mol. The highest BCUT2D eigenvalue weighted by Gasteiger charge is 2.47. The lowest BCUT2D eigenvalue weighted by molar-refractivity contribution is -0.288. The molecule has 0 amide bonds. The van der Waals surface area contributed by atoms with Gasteiger partial charge in [0.15, 0.2) is 12.4 Å². The van der Waals surface area contributed by atoms with Gasteiger partial charge in [0.25, 0.3) is 0 Å². The first-order valence-corrected chi connectivity index (χ1v) is 18.7. The molecule has 0 aromatic rings. The quantitative estimate of drug-likeness (QED) is 0.0598. The zero-order chi connectivity index (χ0) is 39.3. The average molecular weight is 753 g/mol. The number of rotatable bonds is 22. The second-order valence-electron chi connectivity index (χ2n) is 14.8. The van der Waals surface area contributed by atoms with Gasteiger partial charge in [0.05, 0.1) is 43.9 Å². The Morgan fingerprint density at radius 1 is 0.712 bits per heavy atom. The Morgan fingerprint density at radius 2 is 1.27 bits per heavy atom. The molecular formula is C36H64O16. The van der Waals surface area contributed by atoms with E-state index < -0.39 is 117 Å². The minimum absolute atomic E-state index is 0.0234. The highest BCUT2D eigenvalue weighted by atomic mass is 16.7. The first-order valence-electron chi connectivity index (χ1n) is 18.7. The van der Waals surface area contributed by atoms with Crippen molar-refractivity contribution >= 4 is 17.9 Å². The third-order valence-corrected chi connectivity index (χ3v) is 9.92. The second kappa shape index (κ2) is 22.4. The Labute approximate surface area is 306 Å². The van der Waals surface area contributed by atoms with Gasteiger partial charge in [-0.2, -0.15) is 0 Å². The van der Waals surface area contributed by atoms with Crippen LogP contribution in [-0.2, 0) is 42.8 Å². The van der Waals surface area contributed by atoms with E-state index in [4.69, 9.17) is 28.4 Å². The maximum Gasteiger partial charge on any atom is 0.308 e. The van der Waals surface area contributed by atoms with Crippen LogP contribution in [-0.4, -0.2) is 140 Å². The molecule has 0 aliphatic carbocycles. The van der Waals surface area contributed by atoms with E-state index in [-0.39, 0.29) is 31.1 Å². The number of carbonyl (C=O) groups excluding carboxylic acids is 3. The highest BCUT2D eigenvalue weighted by molar-refractivity contribution is 5.71. The number of hydrogen-bond donors (Lipinski definition) is 7. The zero-order valence-corrected chi connectivity index (χ0v) is 31.6. The fraction of sp³-hybridized carbons (Fsp3) is 0.917. The van der Waals surface area contributed by atoms with E-state index in [2.05, 4.69) is 0 Å². The van der Waals surface area contributed by atoms with Crippen molar-refractivity contribution < 1.29 is 78.6 Å². The molecule has 0 spiro atoms. The van der Waals surface area contributed by atoms with Crippen molar-refractivity contribution in [2.75, 3.05) is 6.61 Å². The molecule has 16 heteroatoms. The van der Waals surface area contributed by atoms with Crippen LogP contribution in [0.4, 0.5) is 0 Å². The topological polar surface area (TPSA) is 248 Å². The summed E-state index contributed by atoms with van der Waals surface area (Å²) in [6.45, 7) is 12.4. The molecule has 15 atom stereocenters. The molecule has 0 saturated carbocycles. The van der Waals surface area contributed by atoms with E-state index >= 15 is 0 Å². The van der Waals surface area contributed by atoms with Gasteiger partial charge in [0.1, 0.15) is 36.6 Å². The zero-order valence-electron chi connectivity index (χ0n) is 31.6. The molecule has 2 heterocycles. The lowest BCUT2D eigenvalue weighted by atomic mass is 9.94. The molecule has 304 valence electrons. The summed E-state index contributed by atoms with van der Waals surface area (Å²) < 4.78 is 33.1. The predicted molar refractivity (Wildman–Crippen MR) is 183 cm³/mol. The van der Waals surface area contributed by atoms with Crippen LogP contribution in [0.3, 0.4) is 0 Å². The van der Waals surface area contributed by atoms with Crippen molar-refractivity contribution in [1.82, 2.24) is 0 Å². The third-order valence-electron chi connectivity index (χ3n) is 9.92. The lowest BCUT2D eigenvalue weighted by Gasteiger charge is -2.40.